The molecule has 0 radical (unpaired) electrons. The third-order valence-electron chi connectivity index (χ3n) is 4.66. The molecule has 0 fully saturated rings. The van der Waals surface area contributed by atoms with E-state index in [0.29, 0.717) is 11.1 Å². The molecule has 32 heavy (non-hydrogen) atoms. The van der Waals surface area contributed by atoms with Gasteiger partial charge in [-0.05, 0) is 36.1 Å². The molecule has 10 nitrogen and oxygen atoms in total. The molecule has 0 aliphatic heterocycles. The average molecular weight is 464 g/mol. The number of carbonyl (C=O) groups is 2. The first-order chi connectivity index (χ1) is 14.7. The minimum atomic E-state index is -3.82. The van der Waals surface area contributed by atoms with Crippen LogP contribution >= 0.6 is 0 Å². The number of benzene rings is 2. The topological polar surface area (TPSA) is 159 Å². The number of nitro groups is 1. The van der Waals surface area contributed by atoms with E-state index in [1.807, 2.05) is 20.8 Å². The second-order valence-electron chi connectivity index (χ2n) is 8.22. The van der Waals surface area contributed by atoms with E-state index in [2.05, 4.69) is 5.32 Å². The number of rotatable bonds is 7. The van der Waals surface area contributed by atoms with Gasteiger partial charge < -0.3 is 10.1 Å². The lowest BCUT2D eigenvalue weighted by atomic mass is 9.85. The van der Waals surface area contributed by atoms with Crippen molar-refractivity contribution >= 4 is 27.6 Å². The molecule has 0 aliphatic rings. The van der Waals surface area contributed by atoms with E-state index in [4.69, 9.17) is 9.88 Å². The smallest absolute Gasteiger partial charge is 0.338 e. The predicted molar refractivity (Wildman–Crippen MR) is 116 cm³/mol. The van der Waals surface area contributed by atoms with Crippen LogP contribution in [0, 0.1) is 10.1 Å². The first-order valence-corrected chi connectivity index (χ1v) is 11.1. The van der Waals surface area contributed by atoms with Crippen molar-refractivity contribution in [1.29, 1.82) is 0 Å². The van der Waals surface area contributed by atoms with Crippen molar-refractivity contribution in [1.82, 2.24) is 5.32 Å². The van der Waals surface area contributed by atoms with Gasteiger partial charge in [0.25, 0.3) is 11.6 Å². The van der Waals surface area contributed by atoms with Crippen LogP contribution in [0.4, 0.5) is 5.69 Å². The number of hydrogen-bond acceptors (Lipinski definition) is 7. The Bertz CT molecular complexity index is 1140. The Labute approximate surface area is 186 Å². The lowest BCUT2D eigenvalue weighted by molar-refractivity contribution is -0.386. The number of amides is 1. The number of hydrogen-bond donors (Lipinski definition) is 2. The van der Waals surface area contributed by atoms with Gasteiger partial charge in [0.05, 0.1) is 21.4 Å². The number of ether oxygens (including phenoxy) is 1. The van der Waals surface area contributed by atoms with Crippen LogP contribution in [0.3, 0.4) is 0 Å². The number of nitro benzene ring substituents is 1. The molecule has 2 aromatic rings. The van der Waals surface area contributed by atoms with Gasteiger partial charge in [0.2, 0.25) is 10.0 Å². The second kappa shape index (κ2) is 9.45. The molecule has 0 saturated carbocycles. The first-order valence-electron chi connectivity index (χ1n) is 9.58. The Morgan fingerprint density at radius 3 is 2.25 bits per heavy atom. The molecular weight excluding hydrogens is 438 g/mol. The van der Waals surface area contributed by atoms with Crippen LogP contribution in [0.15, 0.2) is 47.4 Å². The summed E-state index contributed by atoms with van der Waals surface area (Å²) in [5, 5.41) is 19.1. The van der Waals surface area contributed by atoms with Gasteiger partial charge in [0.15, 0.2) is 6.61 Å². The summed E-state index contributed by atoms with van der Waals surface area (Å²) in [5.74, 6) is -1.46. The Hall–Kier alpha value is -3.31. The van der Waals surface area contributed by atoms with Crippen LogP contribution in [-0.4, -0.2) is 31.8 Å². The minimum Gasteiger partial charge on any atom is -0.452 e. The maximum absolute atomic E-state index is 12.3. The highest BCUT2D eigenvalue weighted by molar-refractivity contribution is 7.89. The molecule has 1 atom stereocenters. The summed E-state index contributed by atoms with van der Waals surface area (Å²) in [5.41, 5.74) is 0.356. The minimum absolute atomic E-state index is 0.0378. The molecule has 0 aromatic heterocycles. The van der Waals surface area contributed by atoms with E-state index < -0.39 is 44.9 Å². The molecule has 0 bridgehead atoms. The van der Waals surface area contributed by atoms with Crippen molar-refractivity contribution in [2.75, 3.05) is 6.61 Å². The lowest BCUT2D eigenvalue weighted by Crippen LogP contribution is -2.31. The summed E-state index contributed by atoms with van der Waals surface area (Å²) in [6.07, 6.45) is 0. The van der Waals surface area contributed by atoms with Crippen molar-refractivity contribution in [3.63, 3.8) is 0 Å². The number of nitrogens with zero attached hydrogens (tertiary/aromatic N) is 1. The van der Waals surface area contributed by atoms with Gasteiger partial charge in [0, 0.05) is 11.6 Å². The molecule has 3 N–H and O–H groups in total. The molecule has 172 valence electrons. The summed E-state index contributed by atoms with van der Waals surface area (Å²) in [6, 6.07) is 9.22. The van der Waals surface area contributed by atoms with Crippen LogP contribution < -0.4 is 10.5 Å². The van der Waals surface area contributed by atoms with Crippen molar-refractivity contribution < 1.29 is 27.7 Å². The van der Waals surface area contributed by atoms with Crippen LogP contribution in [-0.2, 0) is 25.0 Å². The van der Waals surface area contributed by atoms with Gasteiger partial charge in [0.1, 0.15) is 0 Å². The Kier molecular flexibility index (Phi) is 7.37. The molecule has 2 rings (SSSR count). The van der Waals surface area contributed by atoms with E-state index in [-0.39, 0.29) is 16.1 Å². The normalized spacial score (nSPS) is 12.7. The molecule has 0 saturated heterocycles. The van der Waals surface area contributed by atoms with Crippen molar-refractivity contribution in [3.8, 4) is 0 Å². The Morgan fingerprint density at radius 1 is 1.16 bits per heavy atom. The molecule has 11 heteroatoms. The zero-order chi connectivity index (χ0) is 24.3. The third-order valence-corrected chi connectivity index (χ3v) is 5.59. The molecule has 0 heterocycles. The zero-order valence-corrected chi connectivity index (χ0v) is 18.9. The first kappa shape index (κ1) is 25.0. The number of nitrogens with two attached hydrogens (primary N) is 1. The van der Waals surface area contributed by atoms with Crippen LogP contribution in [0.1, 0.15) is 55.2 Å². The number of primary sulfonamides is 1. The van der Waals surface area contributed by atoms with Crippen molar-refractivity contribution in [2.45, 2.75) is 44.0 Å². The Morgan fingerprint density at radius 2 is 1.75 bits per heavy atom. The number of esters is 1. The zero-order valence-electron chi connectivity index (χ0n) is 18.1. The Balaban J connectivity index is 2.01. The van der Waals surface area contributed by atoms with Crippen LogP contribution in [0.5, 0.6) is 0 Å². The SMILES string of the molecule is CC(NC(=O)COC(=O)c1ccc(C(C)(C)C)c([N+](=O)[O-])c1)c1ccc(S(N)(=O)=O)cc1. The number of nitrogens with one attached hydrogen (secondary N) is 1. The average Bonchev–Trinajstić information content (AvgIpc) is 2.70. The molecule has 0 spiro atoms. The van der Waals surface area contributed by atoms with E-state index in [1.54, 1.807) is 6.92 Å². The van der Waals surface area contributed by atoms with Gasteiger partial charge in [-0.2, -0.15) is 0 Å². The van der Waals surface area contributed by atoms with E-state index >= 15 is 0 Å². The highest BCUT2D eigenvalue weighted by atomic mass is 32.2. The summed E-state index contributed by atoms with van der Waals surface area (Å²) in [6.45, 7) is 6.54. The fourth-order valence-corrected chi connectivity index (χ4v) is 3.49. The largest absolute Gasteiger partial charge is 0.452 e. The highest BCUT2D eigenvalue weighted by Gasteiger charge is 2.26. The van der Waals surface area contributed by atoms with Crippen molar-refractivity contribution in [3.05, 3.63) is 69.3 Å². The molecule has 0 aliphatic carbocycles. The monoisotopic (exact) mass is 463 g/mol. The van der Waals surface area contributed by atoms with Crippen molar-refractivity contribution in [2.24, 2.45) is 5.14 Å². The highest BCUT2D eigenvalue weighted by Crippen LogP contribution is 2.32. The van der Waals surface area contributed by atoms with Gasteiger partial charge in [-0.3, -0.25) is 14.9 Å². The van der Waals surface area contributed by atoms with Crippen LogP contribution in [0.2, 0.25) is 0 Å². The van der Waals surface area contributed by atoms with Gasteiger partial charge in [-0.15, -0.1) is 0 Å². The molecule has 2 aromatic carbocycles. The summed E-state index contributed by atoms with van der Waals surface area (Å²) < 4.78 is 27.6. The van der Waals surface area contributed by atoms with Gasteiger partial charge in [-0.25, -0.2) is 18.4 Å². The quantitative estimate of drug-likeness (QED) is 0.363. The van der Waals surface area contributed by atoms with E-state index in [0.717, 1.165) is 6.07 Å². The van der Waals surface area contributed by atoms with E-state index in [9.17, 15) is 28.1 Å². The summed E-state index contributed by atoms with van der Waals surface area (Å²) >= 11 is 0. The molecule has 1 amide bonds. The summed E-state index contributed by atoms with van der Waals surface area (Å²) in [4.78, 5) is 35.2. The van der Waals surface area contributed by atoms with E-state index in [1.165, 1.54) is 36.4 Å². The third kappa shape index (κ3) is 6.34. The lowest BCUT2D eigenvalue weighted by Gasteiger charge is -2.19. The fraction of sp³-hybridized carbons (Fsp3) is 0.333. The standard InChI is InChI=1S/C21H25N3O7S/c1-13(14-5-8-16(9-6-14)32(22,29)30)23-19(25)12-31-20(26)15-7-10-17(21(2,3)4)18(11-15)24(27)28/h5-11,13H,12H2,1-4H3,(H,23,25)(H2,22,29,30). The maximum atomic E-state index is 12.3. The van der Waals surface area contributed by atoms with Gasteiger partial charge >= 0.3 is 5.97 Å². The predicted octanol–water partition coefficient (Wildman–Crippen LogP) is 2.57. The van der Waals surface area contributed by atoms with Crippen LogP contribution in [0.25, 0.3) is 0 Å². The summed E-state index contributed by atoms with van der Waals surface area (Å²) in [7, 11) is -3.82. The fourth-order valence-electron chi connectivity index (χ4n) is 2.97. The number of carbonyl (C=O) groups excluding carboxylic acids is 2. The second-order valence-corrected chi connectivity index (χ2v) is 9.78. The van der Waals surface area contributed by atoms with Gasteiger partial charge in [-0.1, -0.05) is 39.0 Å². The molecular formula is C21H25N3O7S. The maximum Gasteiger partial charge on any atom is 0.338 e. The number of sulfonamides is 1. The molecule has 1 unspecified atom stereocenters.